The topological polar surface area (TPSA) is 94.5 Å². The van der Waals surface area contributed by atoms with Crippen LogP contribution in [0.4, 0.5) is 17.2 Å². The molecule has 8 heteroatoms. The summed E-state index contributed by atoms with van der Waals surface area (Å²) in [6.07, 6.45) is 3.44. The van der Waals surface area contributed by atoms with E-state index in [0.29, 0.717) is 11.5 Å². The molecule has 132 valence electrons. The fourth-order valence-corrected chi connectivity index (χ4v) is 3.79. The molecule has 0 unspecified atom stereocenters. The lowest BCUT2D eigenvalue weighted by atomic mass is 10.1. The average Bonchev–Trinajstić information content (AvgIpc) is 3.30. The smallest absolute Gasteiger partial charge is 0.141 e. The second-order valence-electron chi connectivity index (χ2n) is 6.21. The summed E-state index contributed by atoms with van der Waals surface area (Å²) in [6.45, 7) is 0. The maximum absolute atomic E-state index is 6.31. The molecule has 27 heavy (non-hydrogen) atoms. The van der Waals surface area contributed by atoms with Gasteiger partial charge in [-0.2, -0.15) is 5.10 Å². The Morgan fingerprint density at radius 2 is 1.96 bits per heavy atom. The van der Waals surface area contributed by atoms with E-state index in [1.165, 1.54) is 0 Å². The van der Waals surface area contributed by atoms with E-state index in [-0.39, 0.29) is 0 Å². The first kappa shape index (κ1) is 15.7. The number of nitrogens with two attached hydrogens (primary N) is 1. The summed E-state index contributed by atoms with van der Waals surface area (Å²) >= 11 is 1.61. The minimum Gasteiger partial charge on any atom is -0.398 e. The van der Waals surface area contributed by atoms with Gasteiger partial charge >= 0.3 is 0 Å². The summed E-state index contributed by atoms with van der Waals surface area (Å²) in [4.78, 5) is 13.1. The van der Waals surface area contributed by atoms with Crippen molar-refractivity contribution in [2.45, 2.75) is 0 Å². The zero-order valence-electron chi connectivity index (χ0n) is 14.4. The van der Waals surface area contributed by atoms with Crippen molar-refractivity contribution in [3.63, 3.8) is 0 Å². The van der Waals surface area contributed by atoms with Gasteiger partial charge in [-0.1, -0.05) is 0 Å². The van der Waals surface area contributed by atoms with Crippen LogP contribution in [-0.4, -0.2) is 24.7 Å². The molecular formula is C19H15N7S. The van der Waals surface area contributed by atoms with Crippen molar-refractivity contribution in [3.05, 3.63) is 54.4 Å². The molecule has 3 heterocycles. The van der Waals surface area contributed by atoms with Crippen LogP contribution in [0.5, 0.6) is 0 Å². The Balaban J connectivity index is 1.59. The highest BCUT2D eigenvalue weighted by Crippen LogP contribution is 2.32. The number of nitrogen functional groups attached to an aromatic ring is 1. The molecule has 0 radical (unpaired) electrons. The van der Waals surface area contributed by atoms with E-state index in [2.05, 4.69) is 31.4 Å². The fraction of sp³-hybridized carbons (Fsp3) is 0.0526. The predicted molar refractivity (Wildman–Crippen MR) is 109 cm³/mol. The van der Waals surface area contributed by atoms with Gasteiger partial charge in [-0.05, 0) is 36.4 Å². The molecule has 0 saturated heterocycles. The first-order valence-corrected chi connectivity index (χ1v) is 9.20. The molecule has 0 bridgehead atoms. The summed E-state index contributed by atoms with van der Waals surface area (Å²) in [7, 11) is 1.88. The van der Waals surface area contributed by atoms with Crippen LogP contribution in [0.1, 0.15) is 0 Å². The minimum atomic E-state index is 0.636. The molecule has 0 amide bonds. The third kappa shape index (κ3) is 2.76. The molecule has 0 spiro atoms. The largest absolute Gasteiger partial charge is 0.398 e. The van der Waals surface area contributed by atoms with Gasteiger partial charge in [-0.3, -0.25) is 4.68 Å². The van der Waals surface area contributed by atoms with E-state index >= 15 is 0 Å². The van der Waals surface area contributed by atoms with Crippen LogP contribution in [0.3, 0.4) is 0 Å². The van der Waals surface area contributed by atoms with Crippen LogP contribution in [0.25, 0.3) is 32.4 Å². The lowest BCUT2D eigenvalue weighted by Crippen LogP contribution is -1.98. The van der Waals surface area contributed by atoms with E-state index in [1.54, 1.807) is 22.3 Å². The lowest BCUT2D eigenvalue weighted by molar-refractivity contribution is 0.771. The second kappa shape index (κ2) is 6.03. The molecule has 7 nitrogen and oxygen atoms in total. The maximum atomic E-state index is 6.31. The molecule has 0 aliphatic heterocycles. The molecule has 3 aromatic heterocycles. The Morgan fingerprint density at radius 1 is 1.04 bits per heavy atom. The molecule has 2 aromatic carbocycles. The third-order valence-corrected chi connectivity index (χ3v) is 5.18. The molecule has 5 rings (SSSR count). The lowest BCUT2D eigenvalue weighted by Gasteiger charge is -2.11. The molecule has 0 fully saturated rings. The Bertz CT molecular complexity index is 1290. The molecule has 0 aliphatic carbocycles. The van der Waals surface area contributed by atoms with E-state index < -0.39 is 0 Å². The predicted octanol–water partition coefficient (Wildman–Crippen LogP) is 3.97. The maximum Gasteiger partial charge on any atom is 0.141 e. The number of anilines is 3. The first-order chi connectivity index (χ1) is 13.2. The SMILES string of the molecule is Cn1ccc(-c2cc3ncnc(Nc4ccc5ncsc5c4)c3cc2N)n1. The number of nitrogens with zero attached hydrogens (tertiary/aromatic N) is 5. The van der Waals surface area contributed by atoms with Crippen molar-refractivity contribution in [2.75, 3.05) is 11.1 Å². The highest BCUT2D eigenvalue weighted by atomic mass is 32.1. The van der Waals surface area contributed by atoms with Crippen molar-refractivity contribution < 1.29 is 0 Å². The van der Waals surface area contributed by atoms with Crippen LogP contribution in [0.2, 0.25) is 0 Å². The van der Waals surface area contributed by atoms with Crippen molar-refractivity contribution >= 4 is 49.6 Å². The van der Waals surface area contributed by atoms with Crippen molar-refractivity contribution in [2.24, 2.45) is 7.05 Å². The average molecular weight is 373 g/mol. The third-order valence-electron chi connectivity index (χ3n) is 4.39. The van der Waals surface area contributed by atoms with Crippen LogP contribution >= 0.6 is 11.3 Å². The number of nitrogens with one attached hydrogen (secondary N) is 1. The zero-order chi connectivity index (χ0) is 18.4. The van der Waals surface area contributed by atoms with Gasteiger partial charge < -0.3 is 11.1 Å². The van der Waals surface area contributed by atoms with E-state index in [9.17, 15) is 0 Å². The highest BCUT2D eigenvalue weighted by Gasteiger charge is 2.12. The minimum absolute atomic E-state index is 0.636. The van der Waals surface area contributed by atoms with Gasteiger partial charge in [0.15, 0.2) is 0 Å². The van der Waals surface area contributed by atoms with Crippen LogP contribution in [0, 0.1) is 0 Å². The highest BCUT2D eigenvalue weighted by molar-refractivity contribution is 7.16. The number of rotatable bonds is 3. The number of hydrogen-bond acceptors (Lipinski definition) is 7. The van der Waals surface area contributed by atoms with Crippen LogP contribution in [-0.2, 0) is 7.05 Å². The van der Waals surface area contributed by atoms with Crippen molar-refractivity contribution in [1.29, 1.82) is 0 Å². The van der Waals surface area contributed by atoms with Crippen LogP contribution in [0.15, 0.2) is 54.4 Å². The van der Waals surface area contributed by atoms with Gasteiger partial charge in [0, 0.05) is 35.6 Å². The van der Waals surface area contributed by atoms with Gasteiger partial charge in [0.2, 0.25) is 0 Å². The first-order valence-electron chi connectivity index (χ1n) is 8.32. The molecule has 0 aliphatic rings. The number of fused-ring (bicyclic) bond motifs is 2. The van der Waals surface area contributed by atoms with E-state index in [0.717, 1.165) is 38.1 Å². The van der Waals surface area contributed by atoms with Gasteiger partial charge in [0.1, 0.15) is 12.1 Å². The number of benzene rings is 2. The van der Waals surface area contributed by atoms with Gasteiger partial charge in [0.05, 0.1) is 26.9 Å². The molecular weight excluding hydrogens is 358 g/mol. The number of aryl methyl sites for hydroxylation is 1. The van der Waals surface area contributed by atoms with Crippen molar-refractivity contribution in [3.8, 4) is 11.3 Å². The van der Waals surface area contributed by atoms with Crippen molar-refractivity contribution in [1.82, 2.24) is 24.7 Å². The summed E-state index contributed by atoms with van der Waals surface area (Å²) < 4.78 is 2.87. The van der Waals surface area contributed by atoms with E-state index in [4.69, 9.17) is 5.73 Å². The zero-order valence-corrected chi connectivity index (χ0v) is 15.2. The van der Waals surface area contributed by atoms with E-state index in [1.807, 2.05) is 49.1 Å². The summed E-state index contributed by atoms with van der Waals surface area (Å²) in [6, 6.07) is 11.8. The monoisotopic (exact) mass is 373 g/mol. The molecule has 3 N–H and O–H groups in total. The summed E-state index contributed by atoms with van der Waals surface area (Å²) in [5, 5.41) is 8.67. The normalized spacial score (nSPS) is 11.3. The van der Waals surface area contributed by atoms with Gasteiger partial charge in [-0.25, -0.2) is 15.0 Å². The van der Waals surface area contributed by atoms with Gasteiger partial charge in [0.25, 0.3) is 0 Å². The molecule has 0 atom stereocenters. The number of hydrogen-bond donors (Lipinski definition) is 2. The fourth-order valence-electron chi connectivity index (χ4n) is 3.07. The second-order valence-corrected chi connectivity index (χ2v) is 7.10. The summed E-state index contributed by atoms with van der Waals surface area (Å²) in [5.41, 5.74) is 13.2. The number of thiazole rings is 1. The Labute approximate surface area is 158 Å². The standard InChI is InChI=1S/C19H15N7S/c1-26-5-4-15(25-26)12-8-17-13(7-14(12)20)19(22-9-21-17)24-11-2-3-16-18(6-11)27-10-23-16/h2-10H,20H2,1H3,(H,21,22,24). The summed E-state index contributed by atoms with van der Waals surface area (Å²) in [5.74, 6) is 0.711. The quantitative estimate of drug-likeness (QED) is 0.465. The Hall–Kier alpha value is -3.52. The number of aromatic nitrogens is 5. The van der Waals surface area contributed by atoms with Gasteiger partial charge in [-0.15, -0.1) is 11.3 Å². The van der Waals surface area contributed by atoms with Crippen LogP contribution < -0.4 is 11.1 Å². The Kier molecular flexibility index (Phi) is 3.51. The molecule has 5 aromatic rings. The Morgan fingerprint density at radius 3 is 2.81 bits per heavy atom. The molecule has 0 saturated carbocycles.